The highest BCUT2D eigenvalue weighted by atomic mass is 16.5. The molecule has 1 N–H and O–H groups in total. The van der Waals surface area contributed by atoms with Crippen molar-refractivity contribution in [2.24, 2.45) is 0 Å². The van der Waals surface area contributed by atoms with Gasteiger partial charge in [0.15, 0.2) is 6.10 Å². The molecular formula is C18H28N2O2. The molecule has 1 saturated heterocycles. The van der Waals surface area contributed by atoms with Crippen molar-refractivity contribution in [2.75, 3.05) is 26.2 Å². The molecule has 122 valence electrons. The maximum Gasteiger partial charge on any atom is 0.263 e. The molecule has 22 heavy (non-hydrogen) atoms. The van der Waals surface area contributed by atoms with E-state index in [1.807, 2.05) is 30.0 Å². The Kier molecular flexibility index (Phi) is 5.46. The first-order valence-electron chi connectivity index (χ1n) is 8.14. The van der Waals surface area contributed by atoms with E-state index in [1.165, 1.54) is 5.56 Å². The number of carbonyl (C=O) groups excluding carboxylic acids is 1. The van der Waals surface area contributed by atoms with Crippen LogP contribution in [-0.2, 0) is 10.2 Å². The van der Waals surface area contributed by atoms with Gasteiger partial charge in [-0.25, -0.2) is 0 Å². The third-order valence-electron chi connectivity index (χ3n) is 4.01. The van der Waals surface area contributed by atoms with E-state index in [4.69, 9.17) is 4.74 Å². The Bertz CT molecular complexity index is 500. The fourth-order valence-corrected chi connectivity index (χ4v) is 2.61. The Balaban J connectivity index is 2.01. The first-order valence-corrected chi connectivity index (χ1v) is 8.14. The zero-order valence-corrected chi connectivity index (χ0v) is 14.2. The maximum atomic E-state index is 12.5. The van der Waals surface area contributed by atoms with E-state index in [-0.39, 0.29) is 11.3 Å². The summed E-state index contributed by atoms with van der Waals surface area (Å²) < 4.78 is 5.89. The number of hydrogen-bond acceptors (Lipinski definition) is 3. The normalized spacial score (nSPS) is 17.7. The molecule has 2 rings (SSSR count). The number of ether oxygens (including phenoxy) is 1. The smallest absolute Gasteiger partial charge is 0.263 e. The Labute approximate surface area is 133 Å². The lowest BCUT2D eigenvalue weighted by Crippen LogP contribution is -2.42. The van der Waals surface area contributed by atoms with Crippen molar-refractivity contribution in [1.82, 2.24) is 10.2 Å². The molecule has 1 aromatic carbocycles. The van der Waals surface area contributed by atoms with Crippen LogP contribution < -0.4 is 10.1 Å². The molecule has 1 aromatic rings. The Morgan fingerprint density at radius 2 is 2.05 bits per heavy atom. The molecule has 0 radical (unpaired) electrons. The quantitative estimate of drug-likeness (QED) is 0.933. The van der Waals surface area contributed by atoms with Gasteiger partial charge < -0.3 is 15.0 Å². The fourth-order valence-electron chi connectivity index (χ4n) is 2.61. The molecule has 1 aliphatic rings. The predicted molar refractivity (Wildman–Crippen MR) is 89.3 cm³/mol. The summed E-state index contributed by atoms with van der Waals surface area (Å²) in [5.41, 5.74) is 1.28. The summed E-state index contributed by atoms with van der Waals surface area (Å²) >= 11 is 0. The summed E-state index contributed by atoms with van der Waals surface area (Å²) in [5.74, 6) is 0.839. The van der Waals surface area contributed by atoms with Crippen LogP contribution >= 0.6 is 0 Å². The van der Waals surface area contributed by atoms with Gasteiger partial charge in [-0.3, -0.25) is 4.79 Å². The summed E-state index contributed by atoms with van der Waals surface area (Å²) in [5, 5.41) is 3.31. The monoisotopic (exact) mass is 304 g/mol. The number of benzene rings is 1. The second-order valence-electron chi connectivity index (χ2n) is 6.97. The molecule has 1 amide bonds. The van der Waals surface area contributed by atoms with Crippen molar-refractivity contribution in [2.45, 2.75) is 45.6 Å². The standard InChI is InChI=1S/C18H28N2O2/c1-14(17(21)20-11-6-9-19-10-12-20)22-16-8-5-7-15(13-16)18(2,3)4/h5,7-8,13-14,19H,6,9-12H2,1-4H3. The lowest BCUT2D eigenvalue weighted by molar-refractivity contribution is -0.137. The molecule has 0 aliphatic carbocycles. The first kappa shape index (κ1) is 16.8. The summed E-state index contributed by atoms with van der Waals surface area (Å²) in [6.45, 7) is 11.8. The Hall–Kier alpha value is -1.55. The van der Waals surface area contributed by atoms with Gasteiger partial charge in [-0.15, -0.1) is 0 Å². The fraction of sp³-hybridized carbons (Fsp3) is 0.611. The van der Waals surface area contributed by atoms with Crippen LogP contribution in [0.4, 0.5) is 0 Å². The molecular weight excluding hydrogens is 276 g/mol. The van der Waals surface area contributed by atoms with Crippen LogP contribution in [0.15, 0.2) is 24.3 Å². The summed E-state index contributed by atoms with van der Waals surface area (Å²) in [4.78, 5) is 14.4. The first-order chi connectivity index (χ1) is 10.4. The molecule has 0 saturated carbocycles. The van der Waals surface area contributed by atoms with Gasteiger partial charge in [-0.05, 0) is 43.0 Å². The van der Waals surface area contributed by atoms with E-state index in [1.54, 1.807) is 0 Å². The van der Waals surface area contributed by atoms with E-state index in [0.717, 1.165) is 38.3 Å². The van der Waals surface area contributed by atoms with Crippen LogP contribution in [-0.4, -0.2) is 43.1 Å². The summed E-state index contributed by atoms with van der Waals surface area (Å²) in [6, 6.07) is 8.04. The number of rotatable bonds is 3. The molecule has 1 heterocycles. The molecule has 0 spiro atoms. The maximum absolute atomic E-state index is 12.5. The van der Waals surface area contributed by atoms with Crippen molar-refractivity contribution in [3.8, 4) is 5.75 Å². The minimum absolute atomic E-state index is 0.0725. The topological polar surface area (TPSA) is 41.6 Å². The number of hydrogen-bond donors (Lipinski definition) is 1. The van der Waals surface area contributed by atoms with Crippen LogP contribution in [0.3, 0.4) is 0 Å². The van der Waals surface area contributed by atoms with Crippen LogP contribution in [0.5, 0.6) is 5.75 Å². The molecule has 4 nitrogen and oxygen atoms in total. The number of carbonyl (C=O) groups is 1. The van der Waals surface area contributed by atoms with Crippen LogP contribution in [0.25, 0.3) is 0 Å². The van der Waals surface area contributed by atoms with Crippen LogP contribution in [0, 0.1) is 0 Å². The van der Waals surface area contributed by atoms with Crippen molar-refractivity contribution < 1.29 is 9.53 Å². The van der Waals surface area contributed by atoms with Gasteiger partial charge in [0, 0.05) is 19.6 Å². The van der Waals surface area contributed by atoms with Gasteiger partial charge in [0.1, 0.15) is 5.75 Å². The summed E-state index contributed by atoms with van der Waals surface area (Å²) in [6.07, 6.45) is 0.547. The SMILES string of the molecule is CC(Oc1cccc(C(C)(C)C)c1)C(=O)N1CCCNCC1. The third-order valence-corrected chi connectivity index (χ3v) is 4.01. The minimum atomic E-state index is -0.451. The van der Waals surface area contributed by atoms with Gasteiger partial charge in [0.25, 0.3) is 5.91 Å². The van der Waals surface area contributed by atoms with E-state index < -0.39 is 6.10 Å². The van der Waals surface area contributed by atoms with E-state index in [9.17, 15) is 4.79 Å². The van der Waals surface area contributed by atoms with E-state index in [0.29, 0.717) is 0 Å². The minimum Gasteiger partial charge on any atom is -0.481 e. The highest BCUT2D eigenvalue weighted by Gasteiger charge is 2.23. The highest BCUT2D eigenvalue weighted by Crippen LogP contribution is 2.26. The Morgan fingerprint density at radius 1 is 1.27 bits per heavy atom. The molecule has 0 aromatic heterocycles. The predicted octanol–water partition coefficient (Wildman–Crippen LogP) is 2.57. The highest BCUT2D eigenvalue weighted by molar-refractivity contribution is 5.81. The Morgan fingerprint density at radius 3 is 2.77 bits per heavy atom. The third kappa shape index (κ3) is 4.47. The lowest BCUT2D eigenvalue weighted by atomic mass is 9.87. The average molecular weight is 304 g/mol. The number of nitrogens with zero attached hydrogens (tertiary/aromatic N) is 1. The molecule has 4 heteroatoms. The van der Waals surface area contributed by atoms with Crippen molar-refractivity contribution in [3.63, 3.8) is 0 Å². The molecule has 1 fully saturated rings. The van der Waals surface area contributed by atoms with Crippen LogP contribution in [0.2, 0.25) is 0 Å². The lowest BCUT2D eigenvalue weighted by Gasteiger charge is -2.25. The van der Waals surface area contributed by atoms with E-state index in [2.05, 4.69) is 32.2 Å². The number of nitrogens with one attached hydrogen (secondary N) is 1. The van der Waals surface area contributed by atoms with Gasteiger partial charge in [0.05, 0.1) is 0 Å². The second-order valence-corrected chi connectivity index (χ2v) is 6.97. The van der Waals surface area contributed by atoms with E-state index >= 15 is 0 Å². The molecule has 1 aliphatic heterocycles. The largest absolute Gasteiger partial charge is 0.481 e. The van der Waals surface area contributed by atoms with Gasteiger partial charge >= 0.3 is 0 Å². The second kappa shape index (κ2) is 7.14. The molecule has 1 atom stereocenters. The molecule has 1 unspecified atom stereocenters. The van der Waals surface area contributed by atoms with Gasteiger partial charge in [0.2, 0.25) is 0 Å². The zero-order chi connectivity index (χ0) is 16.2. The van der Waals surface area contributed by atoms with Crippen molar-refractivity contribution in [3.05, 3.63) is 29.8 Å². The van der Waals surface area contributed by atoms with Crippen molar-refractivity contribution >= 4 is 5.91 Å². The average Bonchev–Trinajstić information content (AvgIpc) is 2.75. The summed E-state index contributed by atoms with van der Waals surface area (Å²) in [7, 11) is 0. The van der Waals surface area contributed by atoms with Gasteiger partial charge in [-0.2, -0.15) is 0 Å². The molecule has 0 bridgehead atoms. The van der Waals surface area contributed by atoms with Crippen molar-refractivity contribution in [1.29, 1.82) is 0 Å². The zero-order valence-electron chi connectivity index (χ0n) is 14.2. The van der Waals surface area contributed by atoms with Gasteiger partial charge in [-0.1, -0.05) is 32.9 Å². The van der Waals surface area contributed by atoms with Crippen LogP contribution in [0.1, 0.15) is 39.7 Å². The number of amides is 1.